The predicted molar refractivity (Wildman–Crippen MR) is 72.5 cm³/mol. The lowest BCUT2D eigenvalue weighted by molar-refractivity contribution is 0.571. The minimum absolute atomic E-state index is 0.373. The van der Waals surface area contributed by atoms with Gasteiger partial charge in [-0.15, -0.1) is 0 Å². The molecule has 2 heterocycles. The Hall–Kier alpha value is -0.850. The lowest BCUT2D eigenvalue weighted by atomic mass is 10.4. The molecule has 0 spiro atoms. The molecule has 0 amide bonds. The summed E-state index contributed by atoms with van der Waals surface area (Å²) in [6.45, 7) is 3.37. The number of hydrogen-bond donors (Lipinski definition) is 1. The molecule has 2 rings (SSSR count). The van der Waals surface area contributed by atoms with Gasteiger partial charge in [0.2, 0.25) is 10.0 Å². The van der Waals surface area contributed by atoms with Crippen molar-refractivity contribution in [3.05, 3.63) is 23.5 Å². The van der Waals surface area contributed by atoms with Gasteiger partial charge >= 0.3 is 0 Å². The third kappa shape index (κ3) is 2.76. The Morgan fingerprint density at radius 2 is 2.39 bits per heavy atom. The zero-order chi connectivity index (χ0) is 13.2. The van der Waals surface area contributed by atoms with Crippen LogP contribution in [0.2, 0.25) is 5.02 Å². The molecule has 0 aromatic carbocycles. The predicted octanol–water partition coefficient (Wildman–Crippen LogP) is 1.25. The van der Waals surface area contributed by atoms with E-state index in [9.17, 15) is 8.42 Å². The first kappa shape index (κ1) is 13.6. The van der Waals surface area contributed by atoms with E-state index in [0.717, 1.165) is 5.69 Å². The minimum Gasteiger partial charge on any atom is -0.369 e. The normalized spacial score (nSPS) is 20.3. The Bertz CT molecular complexity index is 521. The molecule has 0 saturated carbocycles. The molecule has 0 radical (unpaired) electrons. The first-order chi connectivity index (χ1) is 8.54. The number of rotatable bonds is 4. The fourth-order valence-corrected chi connectivity index (χ4v) is 3.81. The van der Waals surface area contributed by atoms with E-state index in [-0.39, 0.29) is 5.25 Å². The zero-order valence-electron chi connectivity index (χ0n) is 10.1. The van der Waals surface area contributed by atoms with Crippen LogP contribution in [0, 0.1) is 0 Å². The van der Waals surface area contributed by atoms with Crippen LogP contribution in [0.25, 0.3) is 0 Å². The number of anilines is 1. The van der Waals surface area contributed by atoms with Crippen LogP contribution in [0.3, 0.4) is 0 Å². The molecule has 0 aliphatic carbocycles. The molecule has 1 aliphatic heterocycles. The van der Waals surface area contributed by atoms with Crippen molar-refractivity contribution in [1.29, 1.82) is 0 Å². The van der Waals surface area contributed by atoms with E-state index in [4.69, 9.17) is 11.6 Å². The quantitative estimate of drug-likeness (QED) is 0.906. The molecular formula is C11H16ClN3O2S. The van der Waals surface area contributed by atoms with Gasteiger partial charge in [0.25, 0.3) is 0 Å². The highest BCUT2D eigenvalue weighted by Gasteiger charge is 2.33. The van der Waals surface area contributed by atoms with Crippen molar-refractivity contribution in [2.75, 3.05) is 24.5 Å². The molecule has 1 aliphatic rings. The van der Waals surface area contributed by atoms with Crippen molar-refractivity contribution in [1.82, 2.24) is 9.71 Å². The molecule has 7 heteroatoms. The van der Waals surface area contributed by atoms with E-state index in [1.165, 1.54) is 0 Å². The van der Waals surface area contributed by atoms with Crippen molar-refractivity contribution < 1.29 is 8.42 Å². The molecule has 0 bridgehead atoms. The maximum absolute atomic E-state index is 11.9. The third-order valence-electron chi connectivity index (χ3n) is 3.02. The van der Waals surface area contributed by atoms with Crippen molar-refractivity contribution in [3.63, 3.8) is 0 Å². The summed E-state index contributed by atoms with van der Waals surface area (Å²) in [5, 5.41) is 0.181. The SMILES string of the molecule is CCNS(=O)(=O)[C@@H]1CCN(c2ccncc2Cl)C1. The number of halogens is 1. The van der Waals surface area contributed by atoms with Crippen molar-refractivity contribution in [2.45, 2.75) is 18.6 Å². The van der Waals surface area contributed by atoms with E-state index in [0.29, 0.717) is 31.1 Å². The minimum atomic E-state index is -3.21. The summed E-state index contributed by atoms with van der Waals surface area (Å²) in [5.74, 6) is 0. The van der Waals surface area contributed by atoms with E-state index in [1.54, 1.807) is 19.3 Å². The Morgan fingerprint density at radius 3 is 3.06 bits per heavy atom. The van der Waals surface area contributed by atoms with Crippen molar-refractivity contribution in [2.24, 2.45) is 0 Å². The van der Waals surface area contributed by atoms with E-state index in [1.807, 2.05) is 11.0 Å². The summed E-state index contributed by atoms with van der Waals surface area (Å²) in [4.78, 5) is 5.91. The number of nitrogens with zero attached hydrogens (tertiary/aromatic N) is 2. The summed E-state index contributed by atoms with van der Waals surface area (Å²) >= 11 is 6.06. The molecule has 0 unspecified atom stereocenters. The summed E-state index contributed by atoms with van der Waals surface area (Å²) < 4.78 is 26.4. The van der Waals surface area contributed by atoms with Gasteiger partial charge in [-0.3, -0.25) is 4.98 Å². The van der Waals surface area contributed by atoms with E-state index >= 15 is 0 Å². The summed E-state index contributed by atoms with van der Waals surface area (Å²) in [6.07, 6.45) is 3.85. The maximum Gasteiger partial charge on any atom is 0.216 e. The molecule has 100 valence electrons. The zero-order valence-corrected chi connectivity index (χ0v) is 11.7. The highest BCUT2D eigenvalue weighted by atomic mass is 35.5. The number of sulfonamides is 1. The van der Waals surface area contributed by atoms with Crippen molar-refractivity contribution in [3.8, 4) is 0 Å². The van der Waals surface area contributed by atoms with Crippen LogP contribution in [0.15, 0.2) is 18.5 Å². The van der Waals surface area contributed by atoms with Crippen LogP contribution < -0.4 is 9.62 Å². The fraction of sp³-hybridized carbons (Fsp3) is 0.545. The van der Waals surface area contributed by atoms with Gasteiger partial charge in [0.15, 0.2) is 0 Å². The average Bonchev–Trinajstić information content (AvgIpc) is 2.79. The van der Waals surface area contributed by atoms with Crippen molar-refractivity contribution >= 4 is 27.3 Å². The summed E-state index contributed by atoms with van der Waals surface area (Å²) in [5.41, 5.74) is 0.848. The number of nitrogens with one attached hydrogen (secondary N) is 1. The topological polar surface area (TPSA) is 62.3 Å². The van der Waals surface area contributed by atoms with Crippen LogP contribution in [0.5, 0.6) is 0 Å². The highest BCUT2D eigenvalue weighted by Crippen LogP contribution is 2.29. The molecule has 1 atom stereocenters. The first-order valence-corrected chi connectivity index (χ1v) is 7.80. The van der Waals surface area contributed by atoms with Gasteiger partial charge in [-0.05, 0) is 12.5 Å². The van der Waals surface area contributed by atoms with Crippen LogP contribution >= 0.6 is 11.6 Å². The molecular weight excluding hydrogens is 274 g/mol. The Balaban J connectivity index is 2.12. The number of pyridine rings is 1. The molecule has 1 fully saturated rings. The van der Waals surface area contributed by atoms with Gasteiger partial charge in [0, 0.05) is 32.0 Å². The second-order valence-electron chi connectivity index (χ2n) is 4.23. The van der Waals surface area contributed by atoms with Crippen LogP contribution in [0.4, 0.5) is 5.69 Å². The van der Waals surface area contributed by atoms with Gasteiger partial charge in [0.05, 0.1) is 16.0 Å². The highest BCUT2D eigenvalue weighted by molar-refractivity contribution is 7.90. The smallest absolute Gasteiger partial charge is 0.216 e. The molecule has 18 heavy (non-hydrogen) atoms. The van der Waals surface area contributed by atoms with Crippen LogP contribution in [-0.2, 0) is 10.0 Å². The van der Waals surface area contributed by atoms with Gasteiger partial charge in [-0.1, -0.05) is 18.5 Å². The standard InChI is InChI=1S/C11H16ClN3O2S/c1-2-14-18(16,17)9-4-6-15(8-9)11-3-5-13-7-10(11)12/h3,5,7,9,14H,2,4,6,8H2,1H3/t9-/m1/s1. The molecule has 1 aromatic heterocycles. The number of aromatic nitrogens is 1. The maximum atomic E-state index is 11.9. The summed E-state index contributed by atoms with van der Waals surface area (Å²) in [7, 11) is -3.21. The monoisotopic (exact) mass is 289 g/mol. The average molecular weight is 290 g/mol. The van der Waals surface area contributed by atoms with Gasteiger partial charge < -0.3 is 4.90 Å². The van der Waals surface area contributed by atoms with E-state index < -0.39 is 10.0 Å². The Morgan fingerprint density at radius 1 is 1.61 bits per heavy atom. The lowest BCUT2D eigenvalue weighted by Crippen LogP contribution is -2.36. The van der Waals surface area contributed by atoms with Crippen LogP contribution in [-0.4, -0.2) is 38.3 Å². The largest absolute Gasteiger partial charge is 0.369 e. The van der Waals surface area contributed by atoms with Gasteiger partial charge in [-0.25, -0.2) is 13.1 Å². The molecule has 1 N–H and O–H groups in total. The van der Waals surface area contributed by atoms with E-state index in [2.05, 4.69) is 9.71 Å². The summed E-state index contributed by atoms with van der Waals surface area (Å²) in [6, 6.07) is 1.81. The molecule has 1 aromatic rings. The van der Waals surface area contributed by atoms with Gasteiger partial charge in [-0.2, -0.15) is 0 Å². The first-order valence-electron chi connectivity index (χ1n) is 5.87. The van der Waals surface area contributed by atoms with Crippen LogP contribution in [0.1, 0.15) is 13.3 Å². The Kier molecular flexibility index (Phi) is 4.09. The molecule has 5 nitrogen and oxygen atoms in total. The second-order valence-corrected chi connectivity index (χ2v) is 6.68. The third-order valence-corrected chi connectivity index (χ3v) is 5.27. The Labute approximate surface area is 112 Å². The number of hydrogen-bond acceptors (Lipinski definition) is 4. The second kappa shape index (κ2) is 5.42. The lowest BCUT2D eigenvalue weighted by Gasteiger charge is -2.19. The fourth-order valence-electron chi connectivity index (χ4n) is 2.14. The van der Waals surface area contributed by atoms with Gasteiger partial charge in [0.1, 0.15) is 0 Å². The molecule has 1 saturated heterocycles.